The Kier molecular flexibility index (Phi) is 2.98. The van der Waals surface area contributed by atoms with E-state index in [2.05, 4.69) is 43.6 Å². The van der Waals surface area contributed by atoms with E-state index in [9.17, 15) is 0 Å². The van der Waals surface area contributed by atoms with Crippen molar-refractivity contribution < 1.29 is 0 Å². The predicted molar refractivity (Wildman–Crippen MR) is 58.1 cm³/mol. The Hall–Kier alpha value is 0.0300. The van der Waals surface area contributed by atoms with Gasteiger partial charge in [-0.1, -0.05) is 0 Å². The molecule has 0 bridgehead atoms. The van der Waals surface area contributed by atoms with E-state index in [0.29, 0.717) is 6.04 Å². The first-order valence-corrected chi connectivity index (χ1v) is 5.96. The molecule has 3 nitrogen and oxygen atoms in total. The Balaban J connectivity index is 2.14. The quantitative estimate of drug-likeness (QED) is 0.831. The molecule has 0 saturated carbocycles. The van der Waals surface area contributed by atoms with E-state index in [1.54, 1.807) is 11.3 Å². The van der Waals surface area contributed by atoms with Crippen molar-refractivity contribution in [2.75, 3.05) is 26.7 Å². The molecule has 0 aliphatic carbocycles. The van der Waals surface area contributed by atoms with Gasteiger partial charge in [-0.05, 0) is 23.0 Å². The van der Waals surface area contributed by atoms with Crippen molar-refractivity contribution in [1.82, 2.24) is 15.2 Å². The fraction of sp³-hybridized carbons (Fsp3) is 0.625. The van der Waals surface area contributed by atoms with Crippen LogP contribution >= 0.6 is 27.3 Å². The van der Waals surface area contributed by atoms with Gasteiger partial charge in [0.15, 0.2) is 3.92 Å². The van der Waals surface area contributed by atoms with Crippen molar-refractivity contribution in [1.29, 1.82) is 0 Å². The Morgan fingerprint density at radius 1 is 1.77 bits per heavy atom. The molecule has 13 heavy (non-hydrogen) atoms. The largest absolute Gasteiger partial charge is 0.313 e. The molecule has 1 aliphatic heterocycles. The fourth-order valence-electron chi connectivity index (χ4n) is 1.55. The van der Waals surface area contributed by atoms with Gasteiger partial charge in [0.25, 0.3) is 0 Å². The molecule has 1 unspecified atom stereocenters. The molecule has 2 rings (SSSR count). The summed E-state index contributed by atoms with van der Waals surface area (Å²) < 4.78 is 0.974. The van der Waals surface area contributed by atoms with E-state index in [-0.39, 0.29) is 0 Å². The minimum Gasteiger partial charge on any atom is -0.313 e. The second-order valence-electron chi connectivity index (χ2n) is 3.23. The van der Waals surface area contributed by atoms with Crippen LogP contribution in [0.1, 0.15) is 11.7 Å². The highest BCUT2D eigenvalue weighted by atomic mass is 79.9. The maximum absolute atomic E-state index is 4.44. The maximum Gasteiger partial charge on any atom is 0.159 e. The minimum atomic E-state index is 0.441. The first-order chi connectivity index (χ1) is 6.27. The van der Waals surface area contributed by atoms with Crippen molar-refractivity contribution in [2.24, 2.45) is 0 Å². The number of likely N-dealkylation sites (N-methyl/N-ethyl adjacent to an activating group) is 1. The second-order valence-corrected chi connectivity index (χ2v) is 5.36. The zero-order chi connectivity index (χ0) is 9.26. The van der Waals surface area contributed by atoms with E-state index in [4.69, 9.17) is 0 Å². The first-order valence-electron chi connectivity index (χ1n) is 4.29. The highest BCUT2D eigenvalue weighted by molar-refractivity contribution is 9.11. The maximum atomic E-state index is 4.44. The van der Waals surface area contributed by atoms with Crippen LogP contribution in [0.5, 0.6) is 0 Å². The van der Waals surface area contributed by atoms with Crippen LogP contribution in [0.4, 0.5) is 0 Å². The third-order valence-electron chi connectivity index (χ3n) is 2.35. The Bertz CT molecular complexity index is 289. The van der Waals surface area contributed by atoms with E-state index < -0.39 is 0 Å². The van der Waals surface area contributed by atoms with E-state index in [1.165, 1.54) is 5.69 Å². The van der Waals surface area contributed by atoms with Crippen molar-refractivity contribution in [3.8, 4) is 0 Å². The normalized spacial score (nSPS) is 24.9. The Labute approximate surface area is 90.3 Å². The monoisotopic (exact) mass is 261 g/mol. The van der Waals surface area contributed by atoms with Gasteiger partial charge in [-0.25, -0.2) is 4.98 Å². The standard InChI is InChI=1S/C8H12BrN3S/c1-12-3-2-10-4-7(12)6-5-13-8(9)11-6/h5,7,10H,2-4H2,1H3. The lowest BCUT2D eigenvalue weighted by molar-refractivity contribution is 0.199. The summed E-state index contributed by atoms with van der Waals surface area (Å²) in [5.41, 5.74) is 1.17. The van der Waals surface area contributed by atoms with Crippen molar-refractivity contribution in [3.63, 3.8) is 0 Å². The molecule has 1 atom stereocenters. The van der Waals surface area contributed by atoms with Crippen LogP contribution in [-0.2, 0) is 0 Å². The van der Waals surface area contributed by atoms with Gasteiger partial charge >= 0.3 is 0 Å². The summed E-state index contributed by atoms with van der Waals surface area (Å²) in [6.45, 7) is 3.19. The molecule has 1 saturated heterocycles. The van der Waals surface area contributed by atoms with Gasteiger partial charge in [-0.2, -0.15) is 0 Å². The summed E-state index contributed by atoms with van der Waals surface area (Å²) in [6, 6.07) is 0.441. The number of halogens is 1. The smallest absolute Gasteiger partial charge is 0.159 e. The van der Waals surface area contributed by atoms with Crippen LogP contribution < -0.4 is 5.32 Å². The molecule has 0 spiro atoms. The molecule has 72 valence electrons. The number of rotatable bonds is 1. The number of aromatic nitrogens is 1. The Morgan fingerprint density at radius 2 is 2.62 bits per heavy atom. The lowest BCUT2D eigenvalue weighted by Crippen LogP contribution is -2.43. The highest BCUT2D eigenvalue weighted by Crippen LogP contribution is 2.24. The molecule has 1 aliphatic rings. The summed E-state index contributed by atoms with van der Waals surface area (Å²) >= 11 is 5.04. The number of hydrogen-bond donors (Lipinski definition) is 1. The van der Waals surface area contributed by atoms with E-state index in [0.717, 1.165) is 23.6 Å². The van der Waals surface area contributed by atoms with Crippen LogP contribution in [0.3, 0.4) is 0 Å². The predicted octanol–water partition coefficient (Wildman–Crippen LogP) is 1.48. The van der Waals surface area contributed by atoms with Gasteiger partial charge in [0.2, 0.25) is 0 Å². The molecule has 1 N–H and O–H groups in total. The SMILES string of the molecule is CN1CCNCC1c1csc(Br)n1. The third-order valence-corrected chi connectivity index (χ3v) is 3.73. The topological polar surface area (TPSA) is 28.2 Å². The minimum absolute atomic E-state index is 0.441. The number of thiazole rings is 1. The molecular weight excluding hydrogens is 250 g/mol. The van der Waals surface area contributed by atoms with Crippen molar-refractivity contribution in [2.45, 2.75) is 6.04 Å². The van der Waals surface area contributed by atoms with Gasteiger partial charge in [-0.15, -0.1) is 11.3 Å². The van der Waals surface area contributed by atoms with Gasteiger partial charge in [0.1, 0.15) is 0 Å². The van der Waals surface area contributed by atoms with E-state index in [1.807, 2.05) is 0 Å². The molecular formula is C8H12BrN3S. The molecule has 1 aromatic rings. The van der Waals surface area contributed by atoms with Gasteiger partial charge in [0, 0.05) is 25.0 Å². The molecule has 2 heterocycles. The number of nitrogens with one attached hydrogen (secondary N) is 1. The van der Waals surface area contributed by atoms with Crippen LogP contribution in [0.25, 0.3) is 0 Å². The molecule has 0 radical (unpaired) electrons. The van der Waals surface area contributed by atoms with Gasteiger partial charge in [0.05, 0.1) is 11.7 Å². The number of nitrogens with zero attached hydrogens (tertiary/aromatic N) is 2. The second kappa shape index (κ2) is 4.04. The molecule has 0 amide bonds. The molecule has 1 fully saturated rings. The lowest BCUT2D eigenvalue weighted by atomic mass is 10.1. The van der Waals surface area contributed by atoms with Crippen molar-refractivity contribution in [3.05, 3.63) is 15.0 Å². The van der Waals surface area contributed by atoms with Crippen LogP contribution in [0.2, 0.25) is 0 Å². The van der Waals surface area contributed by atoms with Gasteiger partial charge in [-0.3, -0.25) is 4.90 Å². The molecule has 5 heteroatoms. The zero-order valence-corrected chi connectivity index (χ0v) is 9.86. The van der Waals surface area contributed by atoms with Gasteiger partial charge < -0.3 is 5.32 Å². The summed E-state index contributed by atoms with van der Waals surface area (Å²) in [4.78, 5) is 6.78. The van der Waals surface area contributed by atoms with Crippen LogP contribution in [-0.4, -0.2) is 36.6 Å². The molecule has 1 aromatic heterocycles. The third kappa shape index (κ3) is 2.10. The lowest BCUT2D eigenvalue weighted by Gasteiger charge is -2.31. The number of piperazine rings is 1. The average Bonchev–Trinajstić information content (AvgIpc) is 2.53. The fourth-order valence-corrected chi connectivity index (χ4v) is 2.62. The summed E-state index contributed by atoms with van der Waals surface area (Å²) in [5, 5.41) is 5.50. The highest BCUT2D eigenvalue weighted by Gasteiger charge is 2.22. The average molecular weight is 262 g/mol. The molecule has 0 aromatic carbocycles. The van der Waals surface area contributed by atoms with Crippen LogP contribution in [0.15, 0.2) is 9.30 Å². The zero-order valence-electron chi connectivity index (χ0n) is 7.46. The number of hydrogen-bond acceptors (Lipinski definition) is 4. The summed E-state index contributed by atoms with van der Waals surface area (Å²) in [6.07, 6.45) is 0. The Morgan fingerprint density at radius 3 is 3.23 bits per heavy atom. The first kappa shape index (κ1) is 9.58. The summed E-state index contributed by atoms with van der Waals surface area (Å²) in [7, 11) is 2.15. The van der Waals surface area contributed by atoms with Crippen molar-refractivity contribution >= 4 is 27.3 Å². The van der Waals surface area contributed by atoms with E-state index >= 15 is 0 Å². The van der Waals surface area contributed by atoms with Crippen LogP contribution in [0, 0.1) is 0 Å². The summed E-state index contributed by atoms with van der Waals surface area (Å²) in [5.74, 6) is 0.